The van der Waals surface area contributed by atoms with Crippen LogP contribution >= 0.6 is 11.6 Å². The van der Waals surface area contributed by atoms with Crippen molar-refractivity contribution in [1.82, 2.24) is 10.7 Å². The molecule has 1 atom stereocenters. The third kappa shape index (κ3) is 5.15. The van der Waals surface area contributed by atoms with Gasteiger partial charge in [-0.05, 0) is 24.3 Å². The summed E-state index contributed by atoms with van der Waals surface area (Å²) in [7, 11) is 0. The second-order valence-electron chi connectivity index (χ2n) is 5.93. The van der Waals surface area contributed by atoms with Crippen LogP contribution in [0.5, 0.6) is 0 Å². The lowest BCUT2D eigenvalue weighted by molar-refractivity contribution is -0.123. The summed E-state index contributed by atoms with van der Waals surface area (Å²) >= 11 is 6.02. The highest BCUT2D eigenvalue weighted by Gasteiger charge is 2.28. The van der Waals surface area contributed by atoms with E-state index in [9.17, 15) is 14.0 Å². The lowest BCUT2D eigenvalue weighted by Crippen LogP contribution is -2.35. The van der Waals surface area contributed by atoms with Crippen LogP contribution in [0.25, 0.3) is 0 Å². The number of rotatable bonds is 5. The molecule has 2 amide bonds. The molecule has 146 valence electrons. The van der Waals surface area contributed by atoms with E-state index in [2.05, 4.69) is 26.2 Å². The maximum atomic E-state index is 13.2. The molecule has 0 spiro atoms. The molecule has 0 unspecified atom stereocenters. The third-order valence-electron chi connectivity index (χ3n) is 3.86. The predicted octanol–water partition coefficient (Wildman–Crippen LogP) is 2.16. The van der Waals surface area contributed by atoms with Gasteiger partial charge in [0.05, 0.1) is 23.9 Å². The second kappa shape index (κ2) is 8.95. The highest BCUT2D eigenvalue weighted by atomic mass is 35.5. The zero-order valence-electron chi connectivity index (χ0n) is 14.8. The lowest BCUT2D eigenvalue weighted by atomic mass is 10.1. The number of hydrazone groups is 1. The minimum absolute atomic E-state index is 0.0195. The number of carbonyl (C=O) groups excluding carboxylic acids is 2. The molecule has 0 bridgehead atoms. The minimum Gasteiger partial charge on any atom is -0.325 e. The highest BCUT2D eigenvalue weighted by Crippen LogP contribution is 2.17. The van der Waals surface area contributed by atoms with Gasteiger partial charge in [0, 0.05) is 10.6 Å². The zero-order valence-corrected chi connectivity index (χ0v) is 15.6. The molecule has 10 heteroatoms. The van der Waals surface area contributed by atoms with Crippen LogP contribution in [0.3, 0.4) is 0 Å². The Bertz CT molecular complexity index is 1060. The van der Waals surface area contributed by atoms with Crippen molar-refractivity contribution in [2.75, 3.05) is 5.32 Å². The first kappa shape index (κ1) is 20.0. The number of hydrogen-bond donors (Lipinski definition) is 3. The molecule has 0 saturated carbocycles. The number of amides is 2. The Kier molecular flexibility index (Phi) is 6.16. The van der Waals surface area contributed by atoms with E-state index in [1.165, 1.54) is 12.3 Å². The summed E-state index contributed by atoms with van der Waals surface area (Å²) in [5, 5.41) is 18.4. The zero-order chi connectivity index (χ0) is 20.8. The number of benzene rings is 2. The summed E-state index contributed by atoms with van der Waals surface area (Å²) in [6.45, 7) is 0. The van der Waals surface area contributed by atoms with Gasteiger partial charge in [-0.25, -0.2) is 14.8 Å². The molecular weight excluding hydrogens is 399 g/mol. The fourth-order valence-electron chi connectivity index (χ4n) is 2.48. The summed E-state index contributed by atoms with van der Waals surface area (Å²) in [6, 6.07) is 11.3. The van der Waals surface area contributed by atoms with E-state index in [1.807, 2.05) is 0 Å². The van der Waals surface area contributed by atoms with Crippen LogP contribution < -0.4 is 16.1 Å². The van der Waals surface area contributed by atoms with Crippen molar-refractivity contribution in [3.05, 3.63) is 64.4 Å². The van der Waals surface area contributed by atoms with Gasteiger partial charge in [0.25, 0.3) is 5.91 Å². The summed E-state index contributed by atoms with van der Waals surface area (Å²) in [5.74, 6) is -1.52. The highest BCUT2D eigenvalue weighted by molar-refractivity contribution is 6.33. The number of nitriles is 1. The quantitative estimate of drug-likeness (QED) is 0.515. The van der Waals surface area contributed by atoms with Gasteiger partial charge in [-0.1, -0.05) is 29.8 Å². The minimum atomic E-state index is -0.959. The number of aliphatic imine (C=N–C) groups is 1. The van der Waals surface area contributed by atoms with Crippen molar-refractivity contribution in [3.63, 3.8) is 0 Å². The molecule has 3 rings (SSSR count). The smallest absolute Gasteiger partial charge is 0.252 e. The van der Waals surface area contributed by atoms with Crippen LogP contribution in [-0.2, 0) is 9.59 Å². The molecule has 0 aromatic heterocycles. The third-order valence-corrected chi connectivity index (χ3v) is 4.21. The standard InChI is InChI=1S/C19H14ClFN6O2/c20-14-4-2-1-3-11(14)10-23-27-19-25-16(18(29)26-19)8-17(28)24-15-6-5-13(21)7-12(15)9-22/h1-7,10,16H,8H2,(H,24,28)(H2,25,26,27,29)/b23-10-/t16-/m1/s1. The van der Waals surface area contributed by atoms with Gasteiger partial charge < -0.3 is 5.32 Å². The topological polar surface area (TPSA) is 119 Å². The molecule has 1 aliphatic heterocycles. The average molecular weight is 413 g/mol. The van der Waals surface area contributed by atoms with Crippen LogP contribution in [0, 0.1) is 17.1 Å². The molecule has 2 aromatic carbocycles. The maximum Gasteiger partial charge on any atom is 0.252 e. The lowest BCUT2D eigenvalue weighted by Gasteiger charge is -2.08. The van der Waals surface area contributed by atoms with Crippen LogP contribution in [0.2, 0.25) is 5.02 Å². The Balaban J connectivity index is 1.59. The molecule has 0 aliphatic carbocycles. The summed E-state index contributed by atoms with van der Waals surface area (Å²) in [6.07, 6.45) is 1.21. The number of carbonyl (C=O) groups is 2. The monoisotopic (exact) mass is 412 g/mol. The van der Waals surface area contributed by atoms with Crippen LogP contribution in [0.1, 0.15) is 17.5 Å². The molecule has 1 heterocycles. The van der Waals surface area contributed by atoms with E-state index in [1.54, 1.807) is 30.3 Å². The summed E-state index contributed by atoms with van der Waals surface area (Å²) in [5.41, 5.74) is 3.39. The molecule has 29 heavy (non-hydrogen) atoms. The van der Waals surface area contributed by atoms with Crippen molar-refractivity contribution in [3.8, 4) is 6.07 Å². The van der Waals surface area contributed by atoms with Crippen molar-refractivity contribution < 1.29 is 14.0 Å². The van der Waals surface area contributed by atoms with Crippen LogP contribution in [-0.4, -0.2) is 30.0 Å². The van der Waals surface area contributed by atoms with Gasteiger partial charge in [0.1, 0.15) is 17.9 Å². The maximum absolute atomic E-state index is 13.2. The van der Waals surface area contributed by atoms with Crippen LogP contribution in [0.15, 0.2) is 52.6 Å². The first-order valence-corrected chi connectivity index (χ1v) is 8.76. The Labute approximate surface area is 170 Å². The molecule has 0 saturated heterocycles. The van der Waals surface area contributed by atoms with Gasteiger partial charge in [-0.3, -0.25) is 14.9 Å². The average Bonchev–Trinajstić information content (AvgIpc) is 3.03. The summed E-state index contributed by atoms with van der Waals surface area (Å²) in [4.78, 5) is 28.3. The predicted molar refractivity (Wildman–Crippen MR) is 106 cm³/mol. The molecule has 1 aliphatic rings. The van der Waals surface area contributed by atoms with Gasteiger partial charge in [-0.15, -0.1) is 0 Å². The Morgan fingerprint density at radius 1 is 1.38 bits per heavy atom. The second-order valence-corrected chi connectivity index (χ2v) is 6.34. The van der Waals surface area contributed by atoms with E-state index >= 15 is 0 Å². The fraction of sp³-hybridized carbons (Fsp3) is 0.105. The Morgan fingerprint density at radius 2 is 2.17 bits per heavy atom. The number of nitrogens with zero attached hydrogens (tertiary/aromatic N) is 3. The molecular formula is C19H14ClFN6O2. The molecule has 2 aromatic rings. The van der Waals surface area contributed by atoms with E-state index in [4.69, 9.17) is 16.9 Å². The van der Waals surface area contributed by atoms with Crippen molar-refractivity contribution in [1.29, 1.82) is 5.26 Å². The molecule has 3 N–H and O–H groups in total. The molecule has 8 nitrogen and oxygen atoms in total. The van der Waals surface area contributed by atoms with E-state index < -0.39 is 23.7 Å². The van der Waals surface area contributed by atoms with Crippen LogP contribution in [0.4, 0.5) is 10.1 Å². The van der Waals surface area contributed by atoms with E-state index in [0.29, 0.717) is 10.6 Å². The first-order chi connectivity index (χ1) is 14.0. The van der Waals surface area contributed by atoms with Gasteiger partial charge >= 0.3 is 0 Å². The van der Waals surface area contributed by atoms with E-state index in [-0.39, 0.29) is 23.6 Å². The van der Waals surface area contributed by atoms with Crippen molar-refractivity contribution in [2.24, 2.45) is 10.1 Å². The normalized spacial score (nSPS) is 15.6. The number of guanidine groups is 1. The van der Waals surface area contributed by atoms with Crippen molar-refractivity contribution >= 4 is 41.3 Å². The number of halogens is 2. The molecule has 0 radical (unpaired) electrons. The summed E-state index contributed by atoms with van der Waals surface area (Å²) < 4.78 is 13.2. The SMILES string of the molecule is N#Cc1cc(F)ccc1NC(=O)C[C@H]1N=C(N/N=C\c2ccccc2Cl)NC1=O. The van der Waals surface area contributed by atoms with Crippen molar-refractivity contribution in [2.45, 2.75) is 12.5 Å². The van der Waals surface area contributed by atoms with E-state index in [0.717, 1.165) is 12.1 Å². The number of hydrogen-bond acceptors (Lipinski definition) is 6. The van der Waals surface area contributed by atoms with Gasteiger partial charge in [0.2, 0.25) is 11.9 Å². The fourth-order valence-corrected chi connectivity index (χ4v) is 2.66. The Hall–Kier alpha value is -3.77. The number of anilines is 1. The van der Waals surface area contributed by atoms with Gasteiger partial charge in [-0.2, -0.15) is 10.4 Å². The first-order valence-electron chi connectivity index (χ1n) is 8.38. The van der Waals surface area contributed by atoms with Gasteiger partial charge in [0.15, 0.2) is 0 Å². The largest absolute Gasteiger partial charge is 0.325 e. The Morgan fingerprint density at radius 3 is 2.93 bits per heavy atom. The number of nitrogens with one attached hydrogen (secondary N) is 3. The molecule has 0 fully saturated rings.